The maximum atomic E-state index is 11.7. The molecule has 10 nitrogen and oxygen atoms in total. The number of aromatic nitrogens is 6. The minimum atomic E-state index is -1.05. The van der Waals surface area contributed by atoms with Crippen LogP contribution in [0.5, 0.6) is 5.75 Å². The lowest BCUT2D eigenvalue weighted by Gasteiger charge is -2.07. The first-order valence-corrected chi connectivity index (χ1v) is 11.5. The van der Waals surface area contributed by atoms with Gasteiger partial charge in [0.1, 0.15) is 11.3 Å². The zero-order valence-electron chi connectivity index (χ0n) is 20.3. The second kappa shape index (κ2) is 9.21. The zero-order valence-corrected chi connectivity index (χ0v) is 20.3. The van der Waals surface area contributed by atoms with E-state index in [2.05, 4.69) is 20.0 Å². The molecule has 0 saturated heterocycles. The lowest BCUT2D eigenvalue weighted by atomic mass is 10.0. The molecule has 0 aliphatic carbocycles. The first kappa shape index (κ1) is 23.2. The molecule has 36 heavy (non-hydrogen) atoms. The molecular weight excluding hydrogens is 460 g/mol. The maximum absolute atomic E-state index is 11.7. The molecule has 2 aromatic carbocycles. The number of benzene rings is 2. The van der Waals surface area contributed by atoms with Gasteiger partial charge in [0.05, 0.1) is 17.8 Å². The SMILES string of the molecule is CCOC(=O)C(=O)Oc1ccc(Cc2c(C)nn(-c3nnc4c5ccccc5n(C)c4n3)c2C)cc1. The van der Waals surface area contributed by atoms with E-state index in [-0.39, 0.29) is 12.4 Å². The molecule has 0 bridgehead atoms. The average molecular weight is 485 g/mol. The van der Waals surface area contributed by atoms with Crippen LogP contribution in [0.2, 0.25) is 0 Å². The van der Waals surface area contributed by atoms with Crippen molar-refractivity contribution >= 4 is 34.0 Å². The molecule has 0 saturated carbocycles. The van der Waals surface area contributed by atoms with E-state index < -0.39 is 11.9 Å². The van der Waals surface area contributed by atoms with Crippen LogP contribution in [0.3, 0.4) is 0 Å². The van der Waals surface area contributed by atoms with E-state index in [9.17, 15) is 9.59 Å². The van der Waals surface area contributed by atoms with Crippen LogP contribution < -0.4 is 4.74 Å². The Morgan fingerprint density at radius 1 is 0.972 bits per heavy atom. The van der Waals surface area contributed by atoms with Crippen LogP contribution in [-0.4, -0.2) is 48.1 Å². The van der Waals surface area contributed by atoms with Crippen molar-refractivity contribution < 1.29 is 19.1 Å². The second-order valence-corrected chi connectivity index (χ2v) is 8.35. The number of carbonyl (C=O) groups excluding carboxylic acids is 2. The summed E-state index contributed by atoms with van der Waals surface area (Å²) in [5.41, 5.74) is 6.31. The van der Waals surface area contributed by atoms with Gasteiger partial charge < -0.3 is 14.0 Å². The Balaban J connectivity index is 1.40. The lowest BCUT2D eigenvalue weighted by Crippen LogP contribution is -2.22. The molecule has 0 spiro atoms. The zero-order chi connectivity index (χ0) is 25.4. The van der Waals surface area contributed by atoms with Crippen molar-refractivity contribution in [3.05, 3.63) is 71.0 Å². The number of esters is 2. The minimum absolute atomic E-state index is 0.107. The van der Waals surface area contributed by atoms with Gasteiger partial charge in [-0.25, -0.2) is 14.3 Å². The summed E-state index contributed by atoms with van der Waals surface area (Å²) in [5.74, 6) is -1.39. The highest BCUT2D eigenvalue weighted by molar-refractivity contribution is 6.30. The second-order valence-electron chi connectivity index (χ2n) is 8.35. The summed E-state index contributed by atoms with van der Waals surface area (Å²) in [6, 6.07) is 15.0. The van der Waals surface area contributed by atoms with Gasteiger partial charge in [-0.3, -0.25) is 0 Å². The molecule has 10 heteroatoms. The molecule has 3 heterocycles. The van der Waals surface area contributed by atoms with Gasteiger partial charge in [-0.1, -0.05) is 30.3 Å². The summed E-state index contributed by atoms with van der Waals surface area (Å²) < 4.78 is 13.4. The van der Waals surface area contributed by atoms with Crippen molar-refractivity contribution in [2.75, 3.05) is 6.61 Å². The summed E-state index contributed by atoms with van der Waals surface area (Å²) in [7, 11) is 1.96. The summed E-state index contributed by atoms with van der Waals surface area (Å²) >= 11 is 0. The van der Waals surface area contributed by atoms with Gasteiger partial charge >= 0.3 is 11.9 Å². The Bertz CT molecular complexity index is 1620. The number of hydrogen-bond acceptors (Lipinski definition) is 8. The molecule has 5 aromatic rings. The molecule has 0 N–H and O–H groups in total. The van der Waals surface area contributed by atoms with Crippen molar-refractivity contribution in [2.24, 2.45) is 7.05 Å². The van der Waals surface area contributed by atoms with Crippen LogP contribution in [0.25, 0.3) is 28.0 Å². The number of nitrogens with zero attached hydrogens (tertiary/aromatic N) is 6. The third-order valence-electron chi connectivity index (χ3n) is 6.08. The summed E-state index contributed by atoms with van der Waals surface area (Å²) in [6.07, 6.45) is 0.605. The fourth-order valence-electron chi connectivity index (χ4n) is 4.23. The van der Waals surface area contributed by atoms with Crippen molar-refractivity contribution in [1.82, 2.24) is 29.5 Å². The fraction of sp³-hybridized carbons (Fsp3) is 0.231. The van der Waals surface area contributed by atoms with Crippen LogP contribution in [0.15, 0.2) is 48.5 Å². The highest BCUT2D eigenvalue weighted by Crippen LogP contribution is 2.26. The number of para-hydroxylation sites is 1. The Hall–Kier alpha value is -4.60. The minimum Gasteiger partial charge on any atom is -0.458 e. The highest BCUT2D eigenvalue weighted by Gasteiger charge is 2.19. The molecule has 0 amide bonds. The largest absolute Gasteiger partial charge is 0.458 e. The Kier molecular flexibility index (Phi) is 5.93. The van der Waals surface area contributed by atoms with Gasteiger partial charge in [0.15, 0.2) is 5.65 Å². The molecule has 182 valence electrons. The normalized spacial score (nSPS) is 11.2. The fourth-order valence-corrected chi connectivity index (χ4v) is 4.23. The van der Waals surface area contributed by atoms with E-state index in [0.29, 0.717) is 12.4 Å². The van der Waals surface area contributed by atoms with E-state index in [0.717, 1.165) is 44.6 Å². The summed E-state index contributed by atoms with van der Waals surface area (Å²) in [6.45, 7) is 5.64. The topological polar surface area (TPSA) is 114 Å². The number of fused-ring (bicyclic) bond motifs is 3. The van der Waals surface area contributed by atoms with Crippen molar-refractivity contribution in [2.45, 2.75) is 27.2 Å². The Morgan fingerprint density at radius 2 is 1.72 bits per heavy atom. The van der Waals surface area contributed by atoms with Crippen LogP contribution in [0.1, 0.15) is 29.4 Å². The third-order valence-corrected chi connectivity index (χ3v) is 6.08. The smallest absolute Gasteiger partial charge is 0.422 e. The van der Waals surface area contributed by atoms with Crippen molar-refractivity contribution in [3.63, 3.8) is 0 Å². The van der Waals surface area contributed by atoms with E-state index in [1.54, 1.807) is 23.7 Å². The van der Waals surface area contributed by atoms with E-state index >= 15 is 0 Å². The molecule has 0 unspecified atom stereocenters. The molecule has 0 atom stereocenters. The first-order chi connectivity index (χ1) is 17.4. The highest BCUT2D eigenvalue weighted by atomic mass is 16.6. The quantitative estimate of drug-likeness (QED) is 0.212. The van der Waals surface area contributed by atoms with Gasteiger partial charge in [0.2, 0.25) is 0 Å². The lowest BCUT2D eigenvalue weighted by molar-refractivity contribution is -0.161. The predicted octanol–water partition coefficient (Wildman–Crippen LogP) is 3.38. The number of aryl methyl sites for hydroxylation is 2. The molecular formula is C26H24N6O4. The maximum Gasteiger partial charge on any atom is 0.422 e. The van der Waals surface area contributed by atoms with Crippen LogP contribution in [-0.2, 0) is 27.8 Å². The molecule has 3 aromatic heterocycles. The number of ether oxygens (including phenoxy) is 2. The van der Waals surface area contributed by atoms with Crippen molar-refractivity contribution in [1.29, 1.82) is 0 Å². The monoisotopic (exact) mass is 484 g/mol. The van der Waals surface area contributed by atoms with E-state index in [1.807, 2.05) is 61.9 Å². The van der Waals surface area contributed by atoms with Crippen LogP contribution >= 0.6 is 0 Å². The van der Waals surface area contributed by atoms with Crippen LogP contribution in [0, 0.1) is 13.8 Å². The molecule has 0 aliphatic heterocycles. The number of carbonyl (C=O) groups is 2. The summed E-state index contributed by atoms with van der Waals surface area (Å²) in [5, 5.41) is 14.5. The van der Waals surface area contributed by atoms with Gasteiger partial charge in [0.25, 0.3) is 5.95 Å². The number of hydrogen-bond donors (Lipinski definition) is 0. The van der Waals surface area contributed by atoms with E-state index in [4.69, 9.17) is 9.72 Å². The van der Waals surface area contributed by atoms with E-state index in [1.165, 1.54) is 0 Å². The molecule has 0 radical (unpaired) electrons. The molecule has 5 rings (SSSR count). The van der Waals surface area contributed by atoms with Gasteiger partial charge in [-0.15, -0.1) is 10.2 Å². The standard InChI is InChI=1S/C26H24N6O4/c1-5-35-24(33)25(34)36-18-12-10-17(11-13-18)14-20-15(2)30-32(16(20)3)26-27-23-22(28-29-26)19-8-6-7-9-21(19)31(23)4/h6-13H,5,14H2,1-4H3. The Labute approximate surface area is 206 Å². The molecule has 0 aliphatic rings. The average Bonchev–Trinajstić information content (AvgIpc) is 3.33. The van der Waals surface area contributed by atoms with Crippen molar-refractivity contribution in [3.8, 4) is 11.7 Å². The predicted molar refractivity (Wildman–Crippen MR) is 132 cm³/mol. The Morgan fingerprint density at radius 3 is 2.47 bits per heavy atom. The third kappa shape index (κ3) is 4.06. The first-order valence-electron chi connectivity index (χ1n) is 11.5. The van der Waals surface area contributed by atoms with Gasteiger partial charge in [0, 0.05) is 30.1 Å². The van der Waals surface area contributed by atoms with Crippen LogP contribution in [0.4, 0.5) is 0 Å². The van der Waals surface area contributed by atoms with Gasteiger partial charge in [-0.05, 0) is 44.5 Å². The summed E-state index contributed by atoms with van der Waals surface area (Å²) in [4.78, 5) is 28.0. The van der Waals surface area contributed by atoms with Gasteiger partial charge in [-0.2, -0.15) is 10.1 Å². The number of rotatable bonds is 5. The molecule has 0 fully saturated rings.